The standard InChI is InChI=1S/C19H30N4O2/c24-16-18-7-4-9-23(18)19(25)20-8-10-21-11-13-22(14-12-21)15-17-5-2-1-3-6-17/h1-3,5-6,18,24H,4,7-16H2,(H,20,25). The van der Waals surface area contributed by atoms with E-state index in [-0.39, 0.29) is 18.7 Å². The fraction of sp³-hybridized carbons (Fsp3) is 0.632. The van der Waals surface area contributed by atoms with Crippen LogP contribution in [0.2, 0.25) is 0 Å². The van der Waals surface area contributed by atoms with E-state index in [4.69, 9.17) is 0 Å². The van der Waals surface area contributed by atoms with Crippen molar-refractivity contribution in [3.8, 4) is 0 Å². The van der Waals surface area contributed by atoms with Gasteiger partial charge in [0, 0.05) is 52.4 Å². The molecule has 1 aromatic carbocycles. The highest BCUT2D eigenvalue weighted by Crippen LogP contribution is 2.16. The van der Waals surface area contributed by atoms with Crippen molar-refractivity contribution in [2.24, 2.45) is 0 Å². The topological polar surface area (TPSA) is 59.1 Å². The average molecular weight is 346 g/mol. The fourth-order valence-corrected chi connectivity index (χ4v) is 3.73. The summed E-state index contributed by atoms with van der Waals surface area (Å²) in [6, 6.07) is 10.6. The first-order valence-corrected chi connectivity index (χ1v) is 9.40. The highest BCUT2D eigenvalue weighted by molar-refractivity contribution is 5.74. The van der Waals surface area contributed by atoms with Crippen LogP contribution in [0.15, 0.2) is 30.3 Å². The first kappa shape index (κ1) is 18.2. The number of carbonyl (C=O) groups is 1. The third-order valence-corrected chi connectivity index (χ3v) is 5.27. The number of hydrogen-bond donors (Lipinski definition) is 2. The zero-order chi connectivity index (χ0) is 17.5. The van der Waals surface area contributed by atoms with Crippen molar-refractivity contribution < 1.29 is 9.90 Å². The number of hydrogen-bond acceptors (Lipinski definition) is 4. The van der Waals surface area contributed by atoms with E-state index in [2.05, 4.69) is 45.4 Å². The summed E-state index contributed by atoms with van der Waals surface area (Å²) in [5.41, 5.74) is 1.37. The number of piperazine rings is 1. The van der Waals surface area contributed by atoms with Crippen molar-refractivity contribution in [3.63, 3.8) is 0 Å². The van der Waals surface area contributed by atoms with E-state index in [0.717, 1.165) is 58.7 Å². The lowest BCUT2D eigenvalue weighted by Crippen LogP contribution is -2.50. The molecule has 25 heavy (non-hydrogen) atoms. The normalized spacial score (nSPS) is 22.3. The first-order valence-electron chi connectivity index (χ1n) is 9.40. The third kappa shape index (κ3) is 5.17. The van der Waals surface area contributed by atoms with Crippen LogP contribution in [0.25, 0.3) is 0 Å². The number of benzene rings is 1. The molecular weight excluding hydrogens is 316 g/mol. The van der Waals surface area contributed by atoms with Crippen molar-refractivity contribution in [1.29, 1.82) is 0 Å². The van der Waals surface area contributed by atoms with Crippen LogP contribution in [-0.4, -0.2) is 84.3 Å². The summed E-state index contributed by atoms with van der Waals surface area (Å²) < 4.78 is 0. The van der Waals surface area contributed by atoms with Gasteiger partial charge in [-0.15, -0.1) is 0 Å². The number of urea groups is 1. The molecule has 0 aromatic heterocycles. The Morgan fingerprint density at radius 3 is 2.52 bits per heavy atom. The van der Waals surface area contributed by atoms with Gasteiger partial charge in [0.05, 0.1) is 12.6 Å². The lowest BCUT2D eigenvalue weighted by atomic mass is 10.2. The molecule has 6 nitrogen and oxygen atoms in total. The lowest BCUT2D eigenvalue weighted by Gasteiger charge is -2.35. The van der Waals surface area contributed by atoms with E-state index >= 15 is 0 Å². The largest absolute Gasteiger partial charge is 0.394 e. The summed E-state index contributed by atoms with van der Waals surface area (Å²) >= 11 is 0. The van der Waals surface area contributed by atoms with E-state index in [1.807, 2.05) is 0 Å². The van der Waals surface area contributed by atoms with Gasteiger partial charge in [0.1, 0.15) is 0 Å². The fourth-order valence-electron chi connectivity index (χ4n) is 3.73. The van der Waals surface area contributed by atoms with Crippen LogP contribution in [0.4, 0.5) is 4.79 Å². The summed E-state index contributed by atoms with van der Waals surface area (Å²) in [6.07, 6.45) is 1.90. The molecule has 2 aliphatic heterocycles. The molecule has 2 amide bonds. The molecule has 1 unspecified atom stereocenters. The van der Waals surface area contributed by atoms with Gasteiger partial charge in [-0.1, -0.05) is 30.3 Å². The van der Waals surface area contributed by atoms with Gasteiger partial charge in [-0.05, 0) is 18.4 Å². The zero-order valence-corrected chi connectivity index (χ0v) is 14.9. The van der Waals surface area contributed by atoms with Gasteiger partial charge in [0.15, 0.2) is 0 Å². The highest BCUT2D eigenvalue weighted by Gasteiger charge is 2.27. The van der Waals surface area contributed by atoms with Crippen molar-refractivity contribution in [1.82, 2.24) is 20.0 Å². The maximum absolute atomic E-state index is 12.2. The number of aliphatic hydroxyl groups excluding tert-OH is 1. The molecule has 2 fully saturated rings. The van der Waals surface area contributed by atoms with Gasteiger partial charge < -0.3 is 15.3 Å². The monoisotopic (exact) mass is 346 g/mol. The van der Waals surface area contributed by atoms with Gasteiger partial charge in [-0.2, -0.15) is 0 Å². The maximum Gasteiger partial charge on any atom is 0.317 e. The Kier molecular flexibility index (Phi) is 6.67. The molecular formula is C19H30N4O2. The minimum Gasteiger partial charge on any atom is -0.394 e. The molecule has 2 N–H and O–H groups in total. The van der Waals surface area contributed by atoms with Crippen LogP contribution >= 0.6 is 0 Å². The smallest absolute Gasteiger partial charge is 0.317 e. The molecule has 1 atom stereocenters. The molecule has 1 aromatic rings. The third-order valence-electron chi connectivity index (χ3n) is 5.27. The number of nitrogens with zero attached hydrogens (tertiary/aromatic N) is 3. The van der Waals surface area contributed by atoms with Crippen LogP contribution in [-0.2, 0) is 6.54 Å². The van der Waals surface area contributed by atoms with Gasteiger partial charge in [0.25, 0.3) is 0 Å². The predicted molar refractivity (Wildman–Crippen MR) is 98.4 cm³/mol. The predicted octanol–water partition coefficient (Wildman–Crippen LogP) is 0.970. The van der Waals surface area contributed by atoms with E-state index in [9.17, 15) is 9.90 Å². The van der Waals surface area contributed by atoms with E-state index in [1.165, 1.54) is 5.56 Å². The Labute approximate surface area is 150 Å². The van der Waals surface area contributed by atoms with Crippen LogP contribution in [0, 0.1) is 0 Å². The van der Waals surface area contributed by atoms with Crippen molar-refractivity contribution in [3.05, 3.63) is 35.9 Å². The Balaban J connectivity index is 1.32. The number of carbonyl (C=O) groups excluding carboxylic acids is 1. The molecule has 0 spiro atoms. The Bertz CT molecular complexity index is 531. The maximum atomic E-state index is 12.2. The summed E-state index contributed by atoms with van der Waals surface area (Å²) in [5.74, 6) is 0. The average Bonchev–Trinajstić information content (AvgIpc) is 3.13. The Morgan fingerprint density at radius 2 is 1.80 bits per heavy atom. The lowest BCUT2D eigenvalue weighted by molar-refractivity contribution is 0.125. The van der Waals surface area contributed by atoms with E-state index < -0.39 is 0 Å². The Hall–Kier alpha value is -1.63. The summed E-state index contributed by atoms with van der Waals surface area (Å²) in [5, 5.41) is 12.3. The van der Waals surface area contributed by atoms with Gasteiger partial charge in [0.2, 0.25) is 0 Å². The molecule has 138 valence electrons. The minimum atomic E-state index is -0.0285. The Morgan fingerprint density at radius 1 is 1.08 bits per heavy atom. The number of rotatable bonds is 6. The second-order valence-electron chi connectivity index (χ2n) is 7.01. The summed E-state index contributed by atoms with van der Waals surface area (Å²) in [7, 11) is 0. The molecule has 0 saturated carbocycles. The second kappa shape index (κ2) is 9.17. The van der Waals surface area contributed by atoms with Crippen LogP contribution < -0.4 is 5.32 Å². The highest BCUT2D eigenvalue weighted by atomic mass is 16.3. The van der Waals surface area contributed by atoms with Gasteiger partial charge >= 0.3 is 6.03 Å². The van der Waals surface area contributed by atoms with Crippen molar-refractivity contribution in [2.75, 3.05) is 52.4 Å². The first-order chi connectivity index (χ1) is 12.3. The van der Waals surface area contributed by atoms with E-state index in [0.29, 0.717) is 6.54 Å². The quantitative estimate of drug-likeness (QED) is 0.806. The molecule has 2 aliphatic rings. The van der Waals surface area contributed by atoms with E-state index in [1.54, 1.807) is 4.90 Å². The molecule has 2 heterocycles. The molecule has 0 bridgehead atoms. The minimum absolute atomic E-state index is 0.00142. The van der Waals surface area contributed by atoms with Crippen molar-refractivity contribution in [2.45, 2.75) is 25.4 Å². The molecule has 0 aliphatic carbocycles. The van der Waals surface area contributed by atoms with Crippen molar-refractivity contribution >= 4 is 6.03 Å². The molecule has 0 radical (unpaired) electrons. The number of likely N-dealkylation sites (tertiary alicyclic amines) is 1. The number of nitrogens with one attached hydrogen (secondary N) is 1. The molecule has 2 saturated heterocycles. The second-order valence-corrected chi connectivity index (χ2v) is 7.01. The van der Waals surface area contributed by atoms with Crippen LogP contribution in [0.1, 0.15) is 18.4 Å². The van der Waals surface area contributed by atoms with Gasteiger partial charge in [-0.3, -0.25) is 9.80 Å². The number of amides is 2. The summed E-state index contributed by atoms with van der Waals surface area (Å²) in [4.78, 5) is 18.9. The molecule has 3 rings (SSSR count). The SMILES string of the molecule is O=C(NCCN1CCN(Cc2ccccc2)CC1)N1CCCC1CO. The van der Waals surface area contributed by atoms with Crippen LogP contribution in [0.5, 0.6) is 0 Å². The van der Waals surface area contributed by atoms with Gasteiger partial charge in [-0.25, -0.2) is 4.79 Å². The van der Waals surface area contributed by atoms with Crippen LogP contribution in [0.3, 0.4) is 0 Å². The zero-order valence-electron chi connectivity index (χ0n) is 14.9. The molecule has 6 heteroatoms. The summed E-state index contributed by atoms with van der Waals surface area (Å²) in [6.45, 7) is 7.64. The number of aliphatic hydroxyl groups is 1.